The second-order valence-corrected chi connectivity index (χ2v) is 9.22. The van der Waals surface area contributed by atoms with E-state index in [0.29, 0.717) is 50.4 Å². The Balaban J connectivity index is 1.23. The van der Waals surface area contributed by atoms with Crippen LogP contribution in [0.2, 0.25) is 0 Å². The number of fused-ring (bicyclic) bond motifs is 1. The van der Waals surface area contributed by atoms with Crippen molar-refractivity contribution in [3.8, 4) is 17.0 Å². The number of hydrogen-bond acceptors (Lipinski definition) is 5. The molecule has 3 heterocycles. The summed E-state index contributed by atoms with van der Waals surface area (Å²) < 4.78 is 10.3. The van der Waals surface area contributed by atoms with E-state index in [1.807, 2.05) is 41.3 Å². The Bertz CT molecular complexity index is 1360. The first-order valence-electron chi connectivity index (χ1n) is 12.3. The SMILES string of the molecule is COc1ccc(-c2[nH]c3ccccc3c2CCC(=O)N2CCC(C(=O)Nc3cc(C)on3)CC2)cc1. The van der Waals surface area contributed by atoms with E-state index in [1.54, 1.807) is 20.1 Å². The number of aryl methyl sites for hydroxylation is 2. The molecule has 5 rings (SSSR count). The van der Waals surface area contributed by atoms with Gasteiger partial charge in [-0.3, -0.25) is 9.59 Å². The first-order chi connectivity index (χ1) is 17.5. The number of ether oxygens (including phenoxy) is 1. The normalized spacial score (nSPS) is 14.2. The maximum atomic E-state index is 13.1. The lowest BCUT2D eigenvalue weighted by Gasteiger charge is -2.31. The van der Waals surface area contributed by atoms with Gasteiger partial charge in [0.25, 0.3) is 0 Å². The number of nitrogens with one attached hydrogen (secondary N) is 2. The summed E-state index contributed by atoms with van der Waals surface area (Å²) in [6.07, 6.45) is 2.33. The van der Waals surface area contributed by atoms with Crippen molar-refractivity contribution in [3.05, 3.63) is 65.9 Å². The van der Waals surface area contributed by atoms with Crippen LogP contribution in [-0.2, 0) is 16.0 Å². The third kappa shape index (κ3) is 4.98. The van der Waals surface area contributed by atoms with Gasteiger partial charge in [0.1, 0.15) is 11.5 Å². The van der Waals surface area contributed by atoms with Crippen molar-refractivity contribution in [1.82, 2.24) is 15.0 Å². The van der Waals surface area contributed by atoms with Gasteiger partial charge < -0.3 is 24.5 Å². The summed E-state index contributed by atoms with van der Waals surface area (Å²) in [5.74, 6) is 1.80. The van der Waals surface area contributed by atoms with E-state index in [9.17, 15) is 9.59 Å². The van der Waals surface area contributed by atoms with E-state index in [-0.39, 0.29) is 17.7 Å². The molecule has 1 aliphatic rings. The summed E-state index contributed by atoms with van der Waals surface area (Å²) in [5, 5.41) is 7.76. The molecule has 8 nitrogen and oxygen atoms in total. The van der Waals surface area contributed by atoms with E-state index in [2.05, 4.69) is 27.6 Å². The molecular formula is C28H30N4O4. The minimum atomic E-state index is -0.138. The summed E-state index contributed by atoms with van der Waals surface area (Å²) in [6, 6.07) is 17.8. The molecule has 2 aromatic heterocycles. The van der Waals surface area contributed by atoms with Gasteiger partial charge in [-0.25, -0.2) is 0 Å². The molecule has 1 saturated heterocycles. The predicted molar refractivity (Wildman–Crippen MR) is 138 cm³/mol. The first-order valence-corrected chi connectivity index (χ1v) is 12.3. The highest BCUT2D eigenvalue weighted by Gasteiger charge is 2.28. The summed E-state index contributed by atoms with van der Waals surface area (Å²) in [7, 11) is 1.65. The number of anilines is 1. The topological polar surface area (TPSA) is 100 Å². The quantitative estimate of drug-likeness (QED) is 0.385. The van der Waals surface area contributed by atoms with Gasteiger partial charge in [-0.2, -0.15) is 0 Å². The minimum absolute atomic E-state index is 0.0710. The van der Waals surface area contributed by atoms with Gasteiger partial charge in [0.05, 0.1) is 7.11 Å². The average Bonchev–Trinajstić information content (AvgIpc) is 3.50. The number of hydrogen-bond donors (Lipinski definition) is 2. The Morgan fingerprint density at radius 1 is 1.14 bits per heavy atom. The Hall–Kier alpha value is -4.07. The molecule has 0 atom stereocenters. The van der Waals surface area contributed by atoms with Gasteiger partial charge in [-0.1, -0.05) is 23.4 Å². The lowest BCUT2D eigenvalue weighted by atomic mass is 9.95. The van der Waals surface area contributed by atoms with Gasteiger partial charge in [0, 0.05) is 48.1 Å². The molecule has 1 aliphatic heterocycles. The van der Waals surface area contributed by atoms with Crippen molar-refractivity contribution in [2.24, 2.45) is 5.92 Å². The number of likely N-dealkylation sites (tertiary alicyclic amines) is 1. The molecule has 2 amide bonds. The van der Waals surface area contributed by atoms with Crippen molar-refractivity contribution in [3.63, 3.8) is 0 Å². The summed E-state index contributed by atoms with van der Waals surface area (Å²) in [5.41, 5.74) is 4.29. The molecule has 186 valence electrons. The zero-order valence-electron chi connectivity index (χ0n) is 20.5. The predicted octanol–water partition coefficient (Wildman–Crippen LogP) is 4.95. The number of rotatable bonds is 7. The van der Waals surface area contributed by atoms with Crippen LogP contribution in [-0.4, -0.2) is 47.1 Å². The lowest BCUT2D eigenvalue weighted by molar-refractivity contribution is -0.134. The third-order valence-electron chi connectivity index (χ3n) is 6.88. The molecule has 0 spiro atoms. The number of carbonyl (C=O) groups is 2. The van der Waals surface area contributed by atoms with E-state index in [4.69, 9.17) is 9.26 Å². The molecule has 0 saturated carbocycles. The molecular weight excluding hydrogens is 456 g/mol. The molecule has 0 bridgehead atoms. The maximum Gasteiger partial charge on any atom is 0.228 e. The number of nitrogens with zero attached hydrogens (tertiary/aromatic N) is 2. The lowest BCUT2D eigenvalue weighted by Crippen LogP contribution is -2.41. The summed E-state index contributed by atoms with van der Waals surface area (Å²) >= 11 is 0. The smallest absolute Gasteiger partial charge is 0.228 e. The third-order valence-corrected chi connectivity index (χ3v) is 6.88. The van der Waals surface area contributed by atoms with E-state index >= 15 is 0 Å². The van der Waals surface area contributed by atoms with Crippen molar-refractivity contribution in [2.45, 2.75) is 32.6 Å². The highest BCUT2D eigenvalue weighted by atomic mass is 16.5. The second-order valence-electron chi connectivity index (χ2n) is 9.22. The molecule has 2 aromatic carbocycles. The van der Waals surface area contributed by atoms with E-state index < -0.39 is 0 Å². The first kappa shape index (κ1) is 23.7. The largest absolute Gasteiger partial charge is 0.497 e. The Kier molecular flexibility index (Phi) is 6.75. The van der Waals surface area contributed by atoms with Crippen LogP contribution in [0.4, 0.5) is 5.82 Å². The number of carbonyl (C=O) groups excluding carboxylic acids is 2. The van der Waals surface area contributed by atoms with Gasteiger partial charge in [-0.05, 0) is 67.6 Å². The summed E-state index contributed by atoms with van der Waals surface area (Å²) in [4.78, 5) is 31.1. The van der Waals surface area contributed by atoms with Crippen LogP contribution in [0.1, 0.15) is 30.6 Å². The zero-order valence-corrected chi connectivity index (χ0v) is 20.5. The van der Waals surface area contributed by atoms with Crippen molar-refractivity contribution < 1.29 is 18.8 Å². The minimum Gasteiger partial charge on any atom is -0.497 e. The number of methoxy groups -OCH3 is 1. The van der Waals surface area contributed by atoms with Crippen molar-refractivity contribution in [2.75, 3.05) is 25.5 Å². The number of H-pyrrole nitrogens is 1. The van der Waals surface area contributed by atoms with Crippen LogP contribution in [0.3, 0.4) is 0 Å². The molecule has 0 unspecified atom stereocenters. The van der Waals surface area contributed by atoms with Gasteiger partial charge >= 0.3 is 0 Å². The van der Waals surface area contributed by atoms with Gasteiger partial charge in [0.2, 0.25) is 11.8 Å². The molecule has 0 radical (unpaired) electrons. The van der Waals surface area contributed by atoms with Crippen LogP contribution in [0, 0.1) is 12.8 Å². The number of benzene rings is 2. The fourth-order valence-corrected chi connectivity index (χ4v) is 4.90. The molecule has 8 heteroatoms. The highest BCUT2D eigenvalue weighted by molar-refractivity contribution is 5.92. The summed E-state index contributed by atoms with van der Waals surface area (Å²) in [6.45, 7) is 2.94. The number of amides is 2. The second kappa shape index (κ2) is 10.3. The maximum absolute atomic E-state index is 13.1. The van der Waals surface area contributed by atoms with Crippen molar-refractivity contribution in [1.29, 1.82) is 0 Å². The Morgan fingerprint density at radius 3 is 2.58 bits per heavy atom. The standard InChI is InChI=1S/C28H30N4O4/c1-18-17-25(31-36-18)30-28(34)20-13-15-32(16-14-20)26(33)12-11-23-22-5-3-4-6-24(22)29-27(23)19-7-9-21(35-2)10-8-19/h3-10,17,20,29H,11-16H2,1-2H3,(H,30,31,34). The monoisotopic (exact) mass is 486 g/mol. The molecule has 4 aromatic rings. The molecule has 1 fully saturated rings. The van der Waals surface area contributed by atoms with E-state index in [0.717, 1.165) is 33.5 Å². The van der Waals surface area contributed by atoms with Gasteiger partial charge in [-0.15, -0.1) is 0 Å². The highest BCUT2D eigenvalue weighted by Crippen LogP contribution is 2.32. The van der Waals surface area contributed by atoms with E-state index in [1.165, 1.54) is 0 Å². The van der Waals surface area contributed by atoms with Crippen LogP contribution < -0.4 is 10.1 Å². The molecule has 2 N–H and O–H groups in total. The number of aromatic amines is 1. The Morgan fingerprint density at radius 2 is 1.89 bits per heavy atom. The zero-order chi connectivity index (χ0) is 25.1. The van der Waals surface area contributed by atoms with Crippen LogP contribution in [0.5, 0.6) is 5.75 Å². The fraction of sp³-hybridized carbons (Fsp3) is 0.321. The average molecular weight is 487 g/mol. The number of piperidine rings is 1. The van der Waals surface area contributed by atoms with Crippen LogP contribution in [0.25, 0.3) is 22.2 Å². The Labute approximate surface area is 209 Å². The van der Waals surface area contributed by atoms with Crippen molar-refractivity contribution >= 4 is 28.5 Å². The van der Waals surface area contributed by atoms with Gasteiger partial charge in [0.15, 0.2) is 5.82 Å². The van der Waals surface area contributed by atoms with Crippen LogP contribution >= 0.6 is 0 Å². The molecule has 36 heavy (non-hydrogen) atoms. The fourth-order valence-electron chi connectivity index (χ4n) is 4.90. The van der Waals surface area contributed by atoms with Crippen LogP contribution in [0.15, 0.2) is 59.1 Å². The number of para-hydroxylation sites is 1. The number of aromatic nitrogens is 2. The molecule has 0 aliphatic carbocycles.